The van der Waals surface area contributed by atoms with Crippen LogP contribution in [-0.4, -0.2) is 29.7 Å². The molecular formula is C14H14N3O. The first-order valence-corrected chi connectivity index (χ1v) is 6.19. The molecule has 4 nitrogen and oxygen atoms in total. The van der Waals surface area contributed by atoms with E-state index in [1.165, 1.54) is 0 Å². The van der Waals surface area contributed by atoms with Gasteiger partial charge in [-0.25, -0.2) is 10.3 Å². The molecule has 0 unspecified atom stereocenters. The molecule has 0 spiro atoms. The maximum atomic E-state index is 12.0. The van der Waals surface area contributed by atoms with Gasteiger partial charge in [0, 0.05) is 18.7 Å². The molecule has 0 bridgehead atoms. The third-order valence-corrected chi connectivity index (χ3v) is 3.20. The highest BCUT2D eigenvalue weighted by molar-refractivity contribution is 6.39. The van der Waals surface area contributed by atoms with Crippen LogP contribution in [0.15, 0.2) is 41.5 Å². The highest BCUT2D eigenvalue weighted by Gasteiger charge is 2.26. The van der Waals surface area contributed by atoms with Crippen molar-refractivity contribution in [2.24, 2.45) is 4.99 Å². The van der Waals surface area contributed by atoms with Crippen LogP contribution in [0.1, 0.15) is 18.4 Å². The Kier molecular flexibility index (Phi) is 2.84. The number of nitrogens with zero attached hydrogens (tertiary/aromatic N) is 3. The van der Waals surface area contributed by atoms with E-state index in [-0.39, 0.29) is 5.91 Å². The number of benzene rings is 1. The van der Waals surface area contributed by atoms with Crippen molar-refractivity contribution in [1.29, 1.82) is 0 Å². The van der Waals surface area contributed by atoms with Crippen molar-refractivity contribution in [3.05, 3.63) is 42.1 Å². The van der Waals surface area contributed by atoms with Gasteiger partial charge in [-0.1, -0.05) is 30.3 Å². The van der Waals surface area contributed by atoms with E-state index < -0.39 is 0 Å². The van der Waals surface area contributed by atoms with Crippen molar-refractivity contribution in [2.45, 2.75) is 12.8 Å². The van der Waals surface area contributed by atoms with Crippen LogP contribution in [0, 0.1) is 0 Å². The molecule has 2 heterocycles. The molecule has 2 aliphatic rings. The Morgan fingerprint density at radius 1 is 1.06 bits per heavy atom. The SMILES string of the molecule is O=C1[N]C(c2ccccc2)=CN=C1N1CCCC1. The summed E-state index contributed by atoms with van der Waals surface area (Å²) in [6.45, 7) is 1.82. The van der Waals surface area contributed by atoms with Gasteiger partial charge in [0.05, 0.1) is 11.9 Å². The molecule has 0 atom stereocenters. The monoisotopic (exact) mass is 240 g/mol. The molecule has 0 saturated carbocycles. The Morgan fingerprint density at radius 2 is 1.78 bits per heavy atom. The predicted molar refractivity (Wildman–Crippen MR) is 69.8 cm³/mol. The second-order valence-electron chi connectivity index (χ2n) is 4.44. The van der Waals surface area contributed by atoms with Crippen LogP contribution in [0.3, 0.4) is 0 Å². The summed E-state index contributed by atoms with van der Waals surface area (Å²) < 4.78 is 0. The fourth-order valence-electron chi connectivity index (χ4n) is 2.26. The standard InChI is InChI=1S/C14H14N3O/c18-14-13(17-8-4-5-9-17)15-10-12(16-14)11-6-2-1-3-7-11/h1-3,6-7,10H,4-5,8-9H2. The summed E-state index contributed by atoms with van der Waals surface area (Å²) >= 11 is 0. The van der Waals surface area contributed by atoms with E-state index in [2.05, 4.69) is 10.3 Å². The van der Waals surface area contributed by atoms with Crippen LogP contribution in [0.4, 0.5) is 0 Å². The Hall–Kier alpha value is -2.10. The first kappa shape index (κ1) is 11.0. The number of aliphatic imine (C=N–C) groups is 1. The summed E-state index contributed by atoms with van der Waals surface area (Å²) in [5.41, 5.74) is 1.57. The smallest absolute Gasteiger partial charge is 0.313 e. The number of likely N-dealkylation sites (tertiary alicyclic amines) is 1. The van der Waals surface area contributed by atoms with Gasteiger partial charge < -0.3 is 4.90 Å². The van der Waals surface area contributed by atoms with Crippen molar-refractivity contribution in [3.63, 3.8) is 0 Å². The van der Waals surface area contributed by atoms with E-state index in [1.54, 1.807) is 6.20 Å². The second-order valence-corrected chi connectivity index (χ2v) is 4.44. The molecule has 0 aliphatic carbocycles. The zero-order chi connectivity index (χ0) is 12.4. The van der Waals surface area contributed by atoms with Crippen LogP contribution in [0.5, 0.6) is 0 Å². The number of hydrogen-bond donors (Lipinski definition) is 0. The molecule has 91 valence electrons. The summed E-state index contributed by atoms with van der Waals surface area (Å²) in [6.07, 6.45) is 3.94. The van der Waals surface area contributed by atoms with Gasteiger partial charge in [-0.3, -0.25) is 4.79 Å². The van der Waals surface area contributed by atoms with Crippen LogP contribution in [0.25, 0.3) is 5.70 Å². The summed E-state index contributed by atoms with van der Waals surface area (Å²) in [5.74, 6) is 0.269. The van der Waals surface area contributed by atoms with Gasteiger partial charge in [0.25, 0.3) is 0 Å². The normalized spacial score (nSPS) is 19.3. The van der Waals surface area contributed by atoms with Crippen molar-refractivity contribution in [3.8, 4) is 0 Å². The molecule has 0 aromatic heterocycles. The van der Waals surface area contributed by atoms with Crippen molar-refractivity contribution < 1.29 is 4.79 Å². The lowest BCUT2D eigenvalue weighted by molar-refractivity contribution is -0.114. The zero-order valence-electron chi connectivity index (χ0n) is 10.0. The minimum atomic E-state index is -0.224. The van der Waals surface area contributed by atoms with E-state index >= 15 is 0 Å². The van der Waals surface area contributed by atoms with Crippen molar-refractivity contribution >= 4 is 17.4 Å². The van der Waals surface area contributed by atoms with Crippen LogP contribution < -0.4 is 5.32 Å². The largest absolute Gasteiger partial charge is 0.352 e. The molecule has 1 amide bonds. The molecule has 0 N–H and O–H groups in total. The highest BCUT2D eigenvalue weighted by Crippen LogP contribution is 2.17. The lowest BCUT2D eigenvalue weighted by Crippen LogP contribution is -2.39. The number of amidine groups is 1. The fraction of sp³-hybridized carbons (Fsp3) is 0.286. The van der Waals surface area contributed by atoms with Crippen LogP contribution in [0.2, 0.25) is 0 Å². The summed E-state index contributed by atoms with van der Waals surface area (Å²) in [6, 6.07) is 9.65. The molecule has 1 aromatic carbocycles. The van der Waals surface area contributed by atoms with E-state index in [0.717, 1.165) is 31.5 Å². The van der Waals surface area contributed by atoms with E-state index in [4.69, 9.17) is 0 Å². The molecule has 18 heavy (non-hydrogen) atoms. The fourth-order valence-corrected chi connectivity index (χ4v) is 2.26. The Morgan fingerprint density at radius 3 is 2.44 bits per heavy atom. The quantitative estimate of drug-likeness (QED) is 0.749. The topological polar surface area (TPSA) is 46.8 Å². The Bertz CT molecular complexity index is 513. The average Bonchev–Trinajstić information content (AvgIpc) is 2.93. The molecule has 3 rings (SSSR count). The Balaban J connectivity index is 1.86. The molecular weight excluding hydrogens is 226 g/mol. The van der Waals surface area contributed by atoms with Gasteiger partial charge in [0.1, 0.15) is 0 Å². The molecule has 1 fully saturated rings. The number of carbonyl (C=O) groups excluding carboxylic acids is 1. The lowest BCUT2D eigenvalue weighted by Gasteiger charge is -2.21. The second kappa shape index (κ2) is 4.64. The van der Waals surface area contributed by atoms with Crippen LogP contribution in [-0.2, 0) is 4.79 Å². The molecule has 1 saturated heterocycles. The van der Waals surface area contributed by atoms with Gasteiger partial charge in [0.15, 0.2) is 5.84 Å². The maximum Gasteiger partial charge on any atom is 0.313 e. The minimum Gasteiger partial charge on any atom is -0.352 e. The van der Waals surface area contributed by atoms with E-state index in [1.807, 2.05) is 35.2 Å². The number of rotatable bonds is 1. The maximum absolute atomic E-state index is 12.0. The van der Waals surface area contributed by atoms with Gasteiger partial charge in [-0.2, -0.15) is 0 Å². The minimum absolute atomic E-state index is 0.224. The number of amides is 1. The molecule has 4 heteroatoms. The summed E-state index contributed by atoms with van der Waals surface area (Å²) in [5, 5.41) is 4.13. The van der Waals surface area contributed by atoms with Gasteiger partial charge in [-0.05, 0) is 12.8 Å². The highest BCUT2D eigenvalue weighted by atomic mass is 16.2. The van der Waals surface area contributed by atoms with Crippen molar-refractivity contribution in [2.75, 3.05) is 13.1 Å². The van der Waals surface area contributed by atoms with Gasteiger partial charge in [-0.15, -0.1) is 0 Å². The lowest BCUT2D eigenvalue weighted by atomic mass is 10.1. The van der Waals surface area contributed by atoms with Crippen molar-refractivity contribution in [1.82, 2.24) is 10.2 Å². The van der Waals surface area contributed by atoms with Gasteiger partial charge in [0.2, 0.25) is 0 Å². The van der Waals surface area contributed by atoms with E-state index in [0.29, 0.717) is 11.5 Å². The first-order valence-electron chi connectivity index (χ1n) is 6.19. The number of carbonyl (C=O) groups is 1. The van der Waals surface area contributed by atoms with E-state index in [9.17, 15) is 4.79 Å². The molecule has 2 aliphatic heterocycles. The summed E-state index contributed by atoms with van der Waals surface area (Å²) in [7, 11) is 0. The first-order chi connectivity index (χ1) is 8.84. The number of hydrogen-bond acceptors (Lipinski definition) is 3. The van der Waals surface area contributed by atoms with Gasteiger partial charge >= 0.3 is 5.91 Å². The zero-order valence-corrected chi connectivity index (χ0v) is 10.0. The molecule has 1 aromatic rings. The van der Waals surface area contributed by atoms with Crippen LogP contribution >= 0.6 is 0 Å². The third kappa shape index (κ3) is 2.01. The summed E-state index contributed by atoms with van der Waals surface area (Å²) in [4.78, 5) is 18.3. The molecule has 1 radical (unpaired) electrons. The third-order valence-electron chi connectivity index (χ3n) is 3.20. The Labute approximate surface area is 106 Å². The predicted octanol–water partition coefficient (Wildman–Crippen LogP) is 1.62. The average molecular weight is 240 g/mol.